The Bertz CT molecular complexity index is 749. The van der Waals surface area contributed by atoms with Gasteiger partial charge in [-0.05, 0) is 29.3 Å². The number of oxazole rings is 1. The fraction of sp³-hybridized carbons (Fsp3) is 0.0625. The topological polar surface area (TPSA) is 26.0 Å². The number of rotatable bonds is 4. The molecule has 3 rings (SSSR count). The molecule has 0 aliphatic carbocycles. The summed E-state index contributed by atoms with van der Waals surface area (Å²) in [7, 11) is 0. The molecular formula is C16H12BrNOS. The van der Waals surface area contributed by atoms with Crippen LogP contribution in [0.15, 0.2) is 63.2 Å². The molecule has 100 valence electrons. The lowest BCUT2D eigenvalue weighted by Gasteiger charge is -1.99. The van der Waals surface area contributed by atoms with Gasteiger partial charge in [-0.3, -0.25) is 0 Å². The minimum Gasteiger partial charge on any atom is -0.431 e. The zero-order valence-corrected chi connectivity index (χ0v) is 13.1. The van der Waals surface area contributed by atoms with Crippen LogP contribution in [-0.2, 0) is 5.75 Å². The Hall–Kier alpha value is -1.52. The van der Waals surface area contributed by atoms with E-state index in [-0.39, 0.29) is 0 Å². The number of hydrogen-bond donors (Lipinski definition) is 0. The molecular weight excluding hydrogens is 334 g/mol. The van der Waals surface area contributed by atoms with Crippen LogP contribution in [0.5, 0.6) is 0 Å². The first-order chi connectivity index (χ1) is 9.74. The van der Waals surface area contributed by atoms with E-state index in [1.165, 1.54) is 5.56 Å². The van der Waals surface area contributed by atoms with Crippen molar-refractivity contribution in [2.24, 2.45) is 0 Å². The van der Waals surface area contributed by atoms with Crippen LogP contribution >= 0.6 is 27.7 Å². The minimum atomic E-state index is 0.700. The molecule has 2 nitrogen and oxygen atoms in total. The lowest BCUT2D eigenvalue weighted by atomic mass is 10.1. The van der Waals surface area contributed by atoms with Gasteiger partial charge >= 0.3 is 0 Å². The summed E-state index contributed by atoms with van der Waals surface area (Å²) in [6.45, 7) is 3.75. The van der Waals surface area contributed by atoms with Gasteiger partial charge in [-0.2, -0.15) is 0 Å². The second-order valence-electron chi connectivity index (χ2n) is 4.33. The van der Waals surface area contributed by atoms with Crippen LogP contribution in [0.4, 0.5) is 0 Å². The quantitative estimate of drug-likeness (QED) is 0.581. The molecule has 0 saturated carbocycles. The van der Waals surface area contributed by atoms with Gasteiger partial charge in [-0.25, -0.2) is 4.98 Å². The smallest absolute Gasteiger partial charge is 0.257 e. The average molecular weight is 346 g/mol. The standard InChI is InChI=1S/C16H12BrNOS/c1-2-11-3-5-12(6-4-11)10-20-16-18-14-8-7-13(17)9-15(14)19-16/h2-9H,1,10H2. The van der Waals surface area contributed by atoms with Crippen molar-refractivity contribution in [2.75, 3.05) is 0 Å². The highest BCUT2D eigenvalue weighted by molar-refractivity contribution is 9.10. The normalized spacial score (nSPS) is 10.8. The molecule has 4 heteroatoms. The van der Waals surface area contributed by atoms with Gasteiger partial charge in [0.1, 0.15) is 5.52 Å². The number of fused-ring (bicyclic) bond motifs is 1. The summed E-state index contributed by atoms with van der Waals surface area (Å²) >= 11 is 5.03. The predicted molar refractivity (Wildman–Crippen MR) is 87.8 cm³/mol. The third kappa shape index (κ3) is 2.97. The van der Waals surface area contributed by atoms with Crippen LogP contribution in [0.25, 0.3) is 17.2 Å². The molecule has 1 heterocycles. The third-order valence-electron chi connectivity index (χ3n) is 2.91. The zero-order chi connectivity index (χ0) is 13.9. The molecule has 0 atom stereocenters. The Morgan fingerprint density at radius 3 is 2.75 bits per heavy atom. The number of aromatic nitrogens is 1. The maximum Gasteiger partial charge on any atom is 0.257 e. The molecule has 0 N–H and O–H groups in total. The van der Waals surface area contributed by atoms with Crippen molar-refractivity contribution < 1.29 is 4.42 Å². The third-order valence-corrected chi connectivity index (χ3v) is 4.30. The van der Waals surface area contributed by atoms with Crippen molar-refractivity contribution >= 4 is 44.9 Å². The molecule has 0 spiro atoms. The molecule has 2 aromatic carbocycles. The number of nitrogens with zero attached hydrogens (tertiary/aromatic N) is 1. The second-order valence-corrected chi connectivity index (χ2v) is 6.17. The fourth-order valence-corrected chi connectivity index (χ4v) is 2.97. The minimum absolute atomic E-state index is 0.700. The molecule has 0 bridgehead atoms. The molecule has 0 saturated heterocycles. The first kappa shape index (κ1) is 13.5. The number of benzene rings is 2. The molecule has 0 fully saturated rings. The zero-order valence-electron chi connectivity index (χ0n) is 10.7. The summed E-state index contributed by atoms with van der Waals surface area (Å²) in [6, 6.07) is 14.2. The van der Waals surface area contributed by atoms with E-state index in [0.29, 0.717) is 5.22 Å². The molecule has 0 amide bonds. The Kier molecular flexibility index (Phi) is 3.94. The molecule has 0 radical (unpaired) electrons. The first-order valence-electron chi connectivity index (χ1n) is 6.15. The number of thioether (sulfide) groups is 1. The average Bonchev–Trinajstić information content (AvgIpc) is 2.87. The summed E-state index contributed by atoms with van der Waals surface area (Å²) in [5.74, 6) is 0.839. The van der Waals surface area contributed by atoms with Gasteiger partial charge in [0.2, 0.25) is 0 Å². The van der Waals surface area contributed by atoms with E-state index in [2.05, 4.69) is 51.8 Å². The summed E-state index contributed by atoms with van der Waals surface area (Å²) in [5, 5.41) is 0.700. The molecule has 0 aliphatic rings. The molecule has 0 aliphatic heterocycles. The number of halogens is 1. The first-order valence-corrected chi connectivity index (χ1v) is 7.93. The van der Waals surface area contributed by atoms with Crippen LogP contribution < -0.4 is 0 Å². The van der Waals surface area contributed by atoms with Gasteiger partial charge in [0, 0.05) is 10.2 Å². The van der Waals surface area contributed by atoms with Gasteiger partial charge in [0.05, 0.1) is 0 Å². The fourth-order valence-electron chi connectivity index (χ4n) is 1.83. The van der Waals surface area contributed by atoms with Crippen LogP contribution in [-0.4, -0.2) is 4.98 Å². The monoisotopic (exact) mass is 345 g/mol. The Morgan fingerprint density at radius 1 is 1.20 bits per heavy atom. The van der Waals surface area contributed by atoms with Crippen molar-refractivity contribution in [3.8, 4) is 0 Å². The van der Waals surface area contributed by atoms with E-state index in [0.717, 1.165) is 26.9 Å². The maximum absolute atomic E-state index is 5.72. The maximum atomic E-state index is 5.72. The van der Waals surface area contributed by atoms with E-state index in [9.17, 15) is 0 Å². The van der Waals surface area contributed by atoms with Crippen molar-refractivity contribution in [3.63, 3.8) is 0 Å². The highest BCUT2D eigenvalue weighted by atomic mass is 79.9. The summed E-state index contributed by atoms with van der Waals surface area (Å²) < 4.78 is 6.72. The van der Waals surface area contributed by atoms with E-state index in [1.807, 2.05) is 24.3 Å². The van der Waals surface area contributed by atoms with Gasteiger partial charge in [0.15, 0.2) is 5.58 Å². The Labute approximate surface area is 130 Å². The predicted octanol–water partition coefficient (Wildman–Crippen LogP) is 5.53. The SMILES string of the molecule is C=Cc1ccc(CSc2nc3ccc(Br)cc3o2)cc1. The van der Waals surface area contributed by atoms with Gasteiger partial charge in [0.25, 0.3) is 5.22 Å². The van der Waals surface area contributed by atoms with Crippen molar-refractivity contribution in [2.45, 2.75) is 11.0 Å². The van der Waals surface area contributed by atoms with Crippen LogP contribution in [0.2, 0.25) is 0 Å². The highest BCUT2D eigenvalue weighted by Gasteiger charge is 2.07. The van der Waals surface area contributed by atoms with Gasteiger partial charge in [-0.1, -0.05) is 64.6 Å². The van der Waals surface area contributed by atoms with Crippen LogP contribution in [0.1, 0.15) is 11.1 Å². The largest absolute Gasteiger partial charge is 0.431 e. The lowest BCUT2D eigenvalue weighted by molar-refractivity contribution is 0.489. The Balaban J connectivity index is 1.74. The van der Waals surface area contributed by atoms with Gasteiger partial charge in [-0.15, -0.1) is 0 Å². The highest BCUT2D eigenvalue weighted by Crippen LogP contribution is 2.28. The van der Waals surface area contributed by atoms with Crippen molar-refractivity contribution in [1.82, 2.24) is 4.98 Å². The number of hydrogen-bond acceptors (Lipinski definition) is 3. The van der Waals surface area contributed by atoms with Crippen molar-refractivity contribution in [1.29, 1.82) is 0 Å². The molecule has 1 aromatic heterocycles. The summed E-state index contributed by atoms with van der Waals surface area (Å²) in [6.07, 6.45) is 1.84. The van der Waals surface area contributed by atoms with E-state index < -0.39 is 0 Å². The van der Waals surface area contributed by atoms with E-state index in [1.54, 1.807) is 11.8 Å². The lowest BCUT2D eigenvalue weighted by Crippen LogP contribution is -1.81. The van der Waals surface area contributed by atoms with Gasteiger partial charge < -0.3 is 4.42 Å². The summed E-state index contributed by atoms with van der Waals surface area (Å²) in [4.78, 5) is 4.46. The summed E-state index contributed by atoms with van der Waals surface area (Å²) in [5.41, 5.74) is 4.07. The molecule has 0 unspecified atom stereocenters. The second kappa shape index (κ2) is 5.85. The molecule has 3 aromatic rings. The van der Waals surface area contributed by atoms with Crippen LogP contribution in [0.3, 0.4) is 0 Å². The van der Waals surface area contributed by atoms with E-state index >= 15 is 0 Å². The molecule has 20 heavy (non-hydrogen) atoms. The van der Waals surface area contributed by atoms with Crippen molar-refractivity contribution in [3.05, 3.63) is 64.6 Å². The van der Waals surface area contributed by atoms with Crippen LogP contribution in [0, 0.1) is 0 Å². The Morgan fingerprint density at radius 2 is 2.00 bits per heavy atom. The van der Waals surface area contributed by atoms with E-state index in [4.69, 9.17) is 4.42 Å².